The molecule has 0 N–H and O–H groups in total. The van der Waals surface area contributed by atoms with Crippen molar-refractivity contribution in [3.05, 3.63) is 71.8 Å². The van der Waals surface area contributed by atoms with Gasteiger partial charge in [-0.2, -0.15) is 0 Å². The van der Waals surface area contributed by atoms with Gasteiger partial charge < -0.3 is 9.47 Å². The van der Waals surface area contributed by atoms with Crippen LogP contribution in [-0.2, 0) is 36.7 Å². The van der Waals surface area contributed by atoms with E-state index >= 15 is 0 Å². The van der Waals surface area contributed by atoms with E-state index in [9.17, 15) is 14.4 Å². The maximum absolute atomic E-state index is 12.3. The third-order valence-electron chi connectivity index (χ3n) is 4.02. The van der Waals surface area contributed by atoms with Crippen LogP contribution >= 0.6 is 0 Å². The van der Waals surface area contributed by atoms with Crippen molar-refractivity contribution in [3.8, 4) is 0 Å². The van der Waals surface area contributed by atoms with E-state index in [1.807, 2.05) is 60.7 Å². The summed E-state index contributed by atoms with van der Waals surface area (Å²) >= 11 is 0. The molecule has 0 spiro atoms. The Morgan fingerprint density at radius 3 is 1.52 bits per heavy atom. The highest BCUT2D eigenvalue weighted by atomic mass is 16.6. The van der Waals surface area contributed by atoms with Gasteiger partial charge in [0.2, 0.25) is 0 Å². The first-order chi connectivity index (χ1) is 13.1. The number of ketones is 1. The monoisotopic (exact) mass is 368 g/mol. The lowest BCUT2D eigenvalue weighted by molar-refractivity contribution is -0.163. The first-order valence-corrected chi connectivity index (χ1v) is 8.97. The van der Waals surface area contributed by atoms with E-state index in [-0.39, 0.29) is 25.4 Å². The molecule has 0 heterocycles. The number of esters is 2. The van der Waals surface area contributed by atoms with Crippen molar-refractivity contribution < 1.29 is 23.9 Å². The number of hydrogen-bond donors (Lipinski definition) is 0. The van der Waals surface area contributed by atoms with Crippen LogP contribution in [0.15, 0.2) is 60.7 Å². The van der Waals surface area contributed by atoms with Crippen LogP contribution in [0.3, 0.4) is 0 Å². The largest absolute Gasteiger partial charge is 0.465 e. The second-order valence-electron chi connectivity index (χ2n) is 6.26. The van der Waals surface area contributed by atoms with E-state index < -0.39 is 17.9 Å². The van der Waals surface area contributed by atoms with E-state index in [1.165, 1.54) is 6.92 Å². The zero-order valence-electron chi connectivity index (χ0n) is 15.4. The molecule has 27 heavy (non-hydrogen) atoms. The first kappa shape index (κ1) is 20.4. The number of rotatable bonds is 10. The summed E-state index contributed by atoms with van der Waals surface area (Å²) in [5, 5.41) is 0. The zero-order valence-corrected chi connectivity index (χ0v) is 15.4. The zero-order chi connectivity index (χ0) is 19.5. The lowest BCUT2D eigenvalue weighted by atomic mass is 10.0. The Morgan fingerprint density at radius 1 is 0.741 bits per heavy atom. The molecule has 0 saturated carbocycles. The first-order valence-electron chi connectivity index (χ1n) is 8.97. The molecule has 2 aromatic carbocycles. The highest BCUT2D eigenvalue weighted by molar-refractivity contribution is 5.98. The molecule has 0 atom stereocenters. The van der Waals surface area contributed by atoms with E-state index in [1.54, 1.807) is 0 Å². The summed E-state index contributed by atoms with van der Waals surface area (Å²) in [6, 6.07) is 19.1. The van der Waals surface area contributed by atoms with Gasteiger partial charge >= 0.3 is 11.9 Å². The van der Waals surface area contributed by atoms with Gasteiger partial charge in [-0.3, -0.25) is 14.4 Å². The predicted molar refractivity (Wildman–Crippen MR) is 101 cm³/mol. The van der Waals surface area contributed by atoms with Crippen LogP contribution in [-0.4, -0.2) is 30.9 Å². The topological polar surface area (TPSA) is 69.7 Å². The minimum absolute atomic E-state index is 0.147. The van der Waals surface area contributed by atoms with Crippen LogP contribution in [0.1, 0.15) is 24.5 Å². The van der Waals surface area contributed by atoms with Gasteiger partial charge in [0.1, 0.15) is 5.78 Å². The lowest BCUT2D eigenvalue weighted by Crippen LogP contribution is -2.30. The Balaban J connectivity index is 1.83. The number of ether oxygens (including phenoxy) is 2. The molecule has 2 rings (SSSR count). The second-order valence-corrected chi connectivity index (χ2v) is 6.26. The molecular weight excluding hydrogens is 344 g/mol. The van der Waals surface area contributed by atoms with Crippen LogP contribution in [0.5, 0.6) is 0 Å². The fraction of sp³-hybridized carbons (Fsp3) is 0.318. The molecule has 0 saturated heterocycles. The van der Waals surface area contributed by atoms with Gasteiger partial charge in [-0.05, 0) is 18.1 Å². The van der Waals surface area contributed by atoms with Crippen molar-refractivity contribution in [2.24, 2.45) is 5.92 Å². The molecule has 0 aliphatic rings. The normalized spacial score (nSPS) is 10.4. The lowest BCUT2D eigenvalue weighted by Gasteiger charge is -2.14. The predicted octanol–water partition coefficient (Wildman–Crippen LogP) is 3.15. The smallest absolute Gasteiger partial charge is 0.320 e. The van der Waals surface area contributed by atoms with Gasteiger partial charge in [-0.25, -0.2) is 0 Å². The summed E-state index contributed by atoms with van der Waals surface area (Å²) in [7, 11) is 0. The van der Waals surface area contributed by atoms with Gasteiger partial charge in [0.05, 0.1) is 13.2 Å². The molecule has 0 unspecified atom stereocenters. The number of Topliss-reactive ketones (excluding diaryl/α,β-unsaturated/α-hetero) is 1. The standard InChI is InChI=1S/C22H24O5/c1-17(23)16-20(21(24)26-14-12-18-8-4-2-5-9-18)22(25)27-15-13-19-10-6-3-7-11-19/h2-11,20H,12-16H2,1H3. The van der Waals surface area contributed by atoms with Crippen molar-refractivity contribution in [3.63, 3.8) is 0 Å². The van der Waals surface area contributed by atoms with Crippen LogP contribution in [0.4, 0.5) is 0 Å². The number of benzene rings is 2. The molecule has 0 bridgehead atoms. The van der Waals surface area contributed by atoms with Crippen LogP contribution in [0, 0.1) is 5.92 Å². The minimum atomic E-state index is -1.21. The molecule has 0 amide bonds. The molecule has 5 heteroatoms. The third kappa shape index (κ3) is 7.44. The molecule has 0 aliphatic carbocycles. The van der Waals surface area contributed by atoms with Crippen molar-refractivity contribution in [1.29, 1.82) is 0 Å². The summed E-state index contributed by atoms with van der Waals surface area (Å²) in [4.78, 5) is 36.0. The summed E-state index contributed by atoms with van der Waals surface area (Å²) in [5.74, 6) is -2.91. The van der Waals surface area contributed by atoms with Crippen molar-refractivity contribution >= 4 is 17.7 Å². The molecule has 5 nitrogen and oxygen atoms in total. The van der Waals surface area contributed by atoms with Gasteiger partial charge in [-0.1, -0.05) is 60.7 Å². The molecule has 0 radical (unpaired) electrons. The second kappa shape index (κ2) is 10.9. The van der Waals surface area contributed by atoms with Gasteiger partial charge in [0.15, 0.2) is 5.92 Å². The fourth-order valence-electron chi connectivity index (χ4n) is 2.58. The van der Waals surface area contributed by atoms with Gasteiger partial charge in [0.25, 0.3) is 0 Å². The summed E-state index contributed by atoms with van der Waals surface area (Å²) in [6.07, 6.45) is 0.874. The van der Waals surface area contributed by atoms with Crippen molar-refractivity contribution in [2.45, 2.75) is 26.2 Å². The maximum atomic E-state index is 12.3. The fourth-order valence-corrected chi connectivity index (χ4v) is 2.58. The summed E-state index contributed by atoms with van der Waals surface area (Å²) in [5.41, 5.74) is 2.05. The van der Waals surface area contributed by atoms with E-state index in [2.05, 4.69) is 0 Å². The molecule has 0 aliphatic heterocycles. The highest BCUT2D eigenvalue weighted by Crippen LogP contribution is 2.11. The maximum Gasteiger partial charge on any atom is 0.320 e. The Hall–Kier alpha value is -2.95. The molecular formula is C22H24O5. The Morgan fingerprint density at radius 2 is 1.15 bits per heavy atom. The van der Waals surface area contributed by atoms with E-state index in [0.29, 0.717) is 12.8 Å². The SMILES string of the molecule is CC(=O)CC(C(=O)OCCc1ccccc1)C(=O)OCCc1ccccc1. The number of carbonyl (C=O) groups is 3. The molecule has 2 aromatic rings. The summed E-state index contributed by atoms with van der Waals surface area (Å²) < 4.78 is 10.4. The Labute approximate surface area is 159 Å². The average molecular weight is 368 g/mol. The molecule has 142 valence electrons. The number of carbonyl (C=O) groups excluding carboxylic acids is 3. The Kier molecular flexibility index (Phi) is 8.23. The Bertz CT molecular complexity index is 682. The van der Waals surface area contributed by atoms with Crippen molar-refractivity contribution in [1.82, 2.24) is 0 Å². The highest BCUT2D eigenvalue weighted by Gasteiger charge is 2.31. The average Bonchev–Trinajstić information content (AvgIpc) is 2.67. The van der Waals surface area contributed by atoms with Gasteiger partial charge in [0, 0.05) is 19.3 Å². The van der Waals surface area contributed by atoms with E-state index in [0.717, 1.165) is 11.1 Å². The minimum Gasteiger partial charge on any atom is -0.465 e. The van der Waals surface area contributed by atoms with Crippen LogP contribution < -0.4 is 0 Å². The van der Waals surface area contributed by atoms with Crippen LogP contribution in [0.25, 0.3) is 0 Å². The molecule has 0 fully saturated rings. The van der Waals surface area contributed by atoms with Crippen LogP contribution in [0.2, 0.25) is 0 Å². The quantitative estimate of drug-likeness (QED) is 0.476. The number of hydrogen-bond acceptors (Lipinski definition) is 5. The van der Waals surface area contributed by atoms with Crippen molar-refractivity contribution in [2.75, 3.05) is 13.2 Å². The van der Waals surface area contributed by atoms with E-state index in [4.69, 9.17) is 9.47 Å². The molecule has 0 aromatic heterocycles. The third-order valence-corrected chi connectivity index (χ3v) is 4.02. The van der Waals surface area contributed by atoms with Gasteiger partial charge in [-0.15, -0.1) is 0 Å². The summed E-state index contributed by atoms with van der Waals surface area (Å²) in [6.45, 7) is 1.63.